The monoisotopic (exact) mass is 431 g/mol. The first-order chi connectivity index (χ1) is 14.3. The smallest absolute Gasteiger partial charge is 0.263 e. The van der Waals surface area contributed by atoms with Crippen LogP contribution in [0.15, 0.2) is 47.4 Å². The van der Waals surface area contributed by atoms with Crippen LogP contribution in [0.2, 0.25) is 0 Å². The van der Waals surface area contributed by atoms with E-state index < -0.39 is 10.0 Å². The number of hydrogen-bond donors (Lipinski definition) is 1. The molecule has 0 spiro atoms. The molecule has 2 heterocycles. The number of hydrogen-bond acceptors (Lipinski definition) is 4. The van der Waals surface area contributed by atoms with E-state index in [0.29, 0.717) is 38.9 Å². The zero-order valence-electron chi connectivity index (χ0n) is 17.5. The second kappa shape index (κ2) is 9.57. The Hall–Kier alpha value is -2.45. The molecule has 0 saturated carbocycles. The Morgan fingerprint density at radius 2 is 1.90 bits per heavy atom. The molecular formula is C22H29N3O4S. The molecule has 1 N–H and O–H groups in total. The molecule has 0 aliphatic carbocycles. The van der Waals surface area contributed by atoms with Crippen molar-refractivity contribution in [3.63, 3.8) is 0 Å². The summed E-state index contributed by atoms with van der Waals surface area (Å²) >= 11 is 0. The number of aryl methyl sites for hydroxylation is 1. The van der Waals surface area contributed by atoms with E-state index in [4.69, 9.17) is 0 Å². The second-order valence-corrected chi connectivity index (χ2v) is 9.72. The highest BCUT2D eigenvalue weighted by atomic mass is 32.2. The maximum Gasteiger partial charge on any atom is 0.263 e. The van der Waals surface area contributed by atoms with Crippen molar-refractivity contribution in [2.24, 2.45) is 0 Å². The minimum absolute atomic E-state index is 0.108. The van der Waals surface area contributed by atoms with Crippen molar-refractivity contribution in [1.82, 2.24) is 14.2 Å². The molecule has 1 aliphatic heterocycles. The number of nitrogens with zero attached hydrogens (tertiary/aromatic N) is 2. The molecule has 7 nitrogen and oxygen atoms in total. The largest absolute Gasteiger partial charge is 0.338 e. The quantitative estimate of drug-likeness (QED) is 0.728. The number of pyridine rings is 1. The number of carbonyl (C=O) groups is 1. The van der Waals surface area contributed by atoms with Crippen LogP contribution in [0.4, 0.5) is 0 Å². The van der Waals surface area contributed by atoms with E-state index in [0.717, 1.165) is 11.1 Å². The van der Waals surface area contributed by atoms with Crippen LogP contribution >= 0.6 is 0 Å². The van der Waals surface area contributed by atoms with Crippen LogP contribution in [0.1, 0.15) is 47.7 Å². The highest BCUT2D eigenvalue weighted by molar-refractivity contribution is 7.89. The summed E-state index contributed by atoms with van der Waals surface area (Å²) < 4.78 is 28.2. The predicted octanol–water partition coefficient (Wildman–Crippen LogP) is 2.14. The molecule has 0 radical (unpaired) electrons. The van der Waals surface area contributed by atoms with Crippen molar-refractivity contribution >= 4 is 15.9 Å². The molecule has 0 bridgehead atoms. The summed E-state index contributed by atoms with van der Waals surface area (Å²) in [6.45, 7) is 5.07. The van der Waals surface area contributed by atoms with Gasteiger partial charge in [0.05, 0.1) is 12.3 Å². The average molecular weight is 432 g/mol. The normalized spacial score (nSPS) is 15.3. The van der Waals surface area contributed by atoms with Gasteiger partial charge in [0, 0.05) is 25.3 Å². The van der Waals surface area contributed by atoms with Crippen molar-refractivity contribution in [3.8, 4) is 0 Å². The van der Waals surface area contributed by atoms with Crippen LogP contribution in [-0.4, -0.2) is 48.7 Å². The highest BCUT2D eigenvalue weighted by Crippen LogP contribution is 2.14. The van der Waals surface area contributed by atoms with Gasteiger partial charge in [0.15, 0.2) is 0 Å². The number of rotatable bonds is 7. The fourth-order valence-electron chi connectivity index (χ4n) is 3.78. The van der Waals surface area contributed by atoms with Crippen LogP contribution in [0.5, 0.6) is 0 Å². The molecule has 1 fully saturated rings. The van der Waals surface area contributed by atoms with E-state index in [2.05, 4.69) is 4.72 Å². The fourth-order valence-corrected chi connectivity index (χ4v) is 5.18. The Morgan fingerprint density at radius 1 is 1.17 bits per heavy atom. The Bertz CT molecular complexity index is 1050. The first-order valence-corrected chi connectivity index (χ1v) is 12.0. The topological polar surface area (TPSA) is 88.5 Å². The third-order valence-corrected chi connectivity index (χ3v) is 6.93. The molecule has 162 valence electrons. The van der Waals surface area contributed by atoms with Crippen molar-refractivity contribution in [3.05, 3.63) is 69.6 Å². The molecule has 1 aliphatic rings. The van der Waals surface area contributed by atoms with Crippen molar-refractivity contribution < 1.29 is 13.2 Å². The van der Waals surface area contributed by atoms with E-state index in [-0.39, 0.29) is 28.8 Å². The summed E-state index contributed by atoms with van der Waals surface area (Å²) in [6, 6.07) is 11.0. The van der Waals surface area contributed by atoms with Gasteiger partial charge in [0.1, 0.15) is 5.56 Å². The first-order valence-electron chi connectivity index (χ1n) is 10.3. The van der Waals surface area contributed by atoms with Crippen LogP contribution in [0.3, 0.4) is 0 Å². The van der Waals surface area contributed by atoms with Crippen molar-refractivity contribution in [2.75, 3.05) is 18.8 Å². The van der Waals surface area contributed by atoms with Crippen LogP contribution in [-0.2, 0) is 16.6 Å². The molecule has 0 atom stereocenters. The molecule has 8 heteroatoms. The number of amides is 1. The number of likely N-dealkylation sites (tertiary alicyclic amines) is 1. The summed E-state index contributed by atoms with van der Waals surface area (Å²) in [6.07, 6.45) is 3.34. The lowest BCUT2D eigenvalue weighted by molar-refractivity contribution is 0.0709. The van der Waals surface area contributed by atoms with Gasteiger partial charge < -0.3 is 9.47 Å². The molecule has 3 rings (SSSR count). The van der Waals surface area contributed by atoms with Crippen molar-refractivity contribution in [1.29, 1.82) is 0 Å². The first kappa shape index (κ1) is 22.2. The van der Waals surface area contributed by atoms with Gasteiger partial charge in [-0.25, -0.2) is 13.1 Å². The zero-order valence-corrected chi connectivity index (χ0v) is 18.3. The summed E-state index contributed by atoms with van der Waals surface area (Å²) in [5, 5.41) is 0. The third-order valence-electron chi connectivity index (χ3n) is 5.29. The van der Waals surface area contributed by atoms with Gasteiger partial charge in [-0.3, -0.25) is 9.59 Å². The minimum atomic E-state index is -3.27. The van der Waals surface area contributed by atoms with Gasteiger partial charge in [-0.05, 0) is 43.9 Å². The molecule has 0 unspecified atom stereocenters. The Morgan fingerprint density at radius 3 is 2.57 bits per heavy atom. The lowest BCUT2D eigenvalue weighted by atomic mass is 10.1. The van der Waals surface area contributed by atoms with Gasteiger partial charge in [-0.2, -0.15) is 0 Å². The summed E-state index contributed by atoms with van der Waals surface area (Å²) in [7, 11) is -3.27. The maximum absolute atomic E-state index is 12.9. The number of nitrogens with one attached hydrogen (secondary N) is 1. The maximum atomic E-state index is 12.9. The van der Waals surface area contributed by atoms with Gasteiger partial charge in [-0.15, -0.1) is 0 Å². The SMILES string of the molecule is CCCS(=O)(=O)NC1CCN(C(=O)c2cccn(Cc3cccc(C)c3)c2=O)CC1. The van der Waals surface area contributed by atoms with E-state index in [9.17, 15) is 18.0 Å². The molecule has 2 aromatic rings. The van der Waals surface area contributed by atoms with Gasteiger partial charge in [-0.1, -0.05) is 36.8 Å². The Kier molecular flexibility index (Phi) is 7.10. The molecule has 1 amide bonds. The number of aromatic nitrogens is 1. The summed E-state index contributed by atoms with van der Waals surface area (Å²) in [4.78, 5) is 27.5. The Balaban J connectivity index is 1.67. The average Bonchev–Trinajstić information content (AvgIpc) is 2.69. The van der Waals surface area contributed by atoms with Gasteiger partial charge in [0.25, 0.3) is 11.5 Å². The van der Waals surface area contributed by atoms with E-state index >= 15 is 0 Å². The predicted molar refractivity (Wildman–Crippen MR) is 117 cm³/mol. The van der Waals surface area contributed by atoms with E-state index in [1.807, 2.05) is 38.1 Å². The van der Waals surface area contributed by atoms with Gasteiger partial charge in [0.2, 0.25) is 10.0 Å². The lowest BCUT2D eigenvalue weighted by Gasteiger charge is -2.32. The Labute approximate surface area is 177 Å². The number of carbonyl (C=O) groups excluding carboxylic acids is 1. The molecule has 30 heavy (non-hydrogen) atoms. The number of benzene rings is 1. The van der Waals surface area contributed by atoms with Gasteiger partial charge >= 0.3 is 0 Å². The minimum Gasteiger partial charge on any atom is -0.338 e. The molecular weight excluding hydrogens is 402 g/mol. The zero-order chi connectivity index (χ0) is 21.7. The summed E-state index contributed by atoms with van der Waals surface area (Å²) in [5.74, 6) is -0.190. The lowest BCUT2D eigenvalue weighted by Crippen LogP contribution is -2.48. The van der Waals surface area contributed by atoms with Crippen LogP contribution < -0.4 is 10.3 Å². The molecule has 1 saturated heterocycles. The number of sulfonamides is 1. The van der Waals surface area contributed by atoms with E-state index in [1.54, 1.807) is 27.8 Å². The third kappa shape index (κ3) is 5.58. The van der Waals surface area contributed by atoms with E-state index in [1.165, 1.54) is 0 Å². The summed E-state index contributed by atoms with van der Waals surface area (Å²) in [5.41, 5.74) is 1.96. The van der Waals surface area contributed by atoms with Crippen LogP contribution in [0, 0.1) is 6.92 Å². The number of piperidine rings is 1. The molecule has 1 aromatic heterocycles. The standard InChI is InChI=1S/C22H29N3O4S/c1-3-14-30(28,29)23-19-9-12-24(13-10-19)21(26)20-8-5-11-25(22(20)27)16-18-7-4-6-17(2)15-18/h4-8,11,15,19,23H,3,9-10,12-14,16H2,1-2H3. The molecule has 1 aromatic carbocycles. The van der Waals surface area contributed by atoms with Crippen LogP contribution in [0.25, 0.3) is 0 Å². The van der Waals surface area contributed by atoms with Crippen molar-refractivity contribution in [2.45, 2.75) is 45.7 Å². The second-order valence-electron chi connectivity index (χ2n) is 7.85. The highest BCUT2D eigenvalue weighted by Gasteiger charge is 2.27. The fraction of sp³-hybridized carbons (Fsp3) is 0.455.